The molecular weight excluding hydrogens is 314 g/mol. The summed E-state index contributed by atoms with van der Waals surface area (Å²) in [5.41, 5.74) is 0.468. The molecule has 1 unspecified atom stereocenters. The van der Waals surface area contributed by atoms with Gasteiger partial charge in [-0.05, 0) is 31.4 Å². The number of halogens is 1. The smallest absolute Gasteiger partial charge is 0.224 e. The fraction of sp³-hybridized carbons (Fsp3) is 0.692. The quantitative estimate of drug-likeness (QED) is 0.777. The van der Waals surface area contributed by atoms with Crippen molar-refractivity contribution in [2.24, 2.45) is 0 Å². The van der Waals surface area contributed by atoms with Crippen molar-refractivity contribution < 1.29 is 13.2 Å². The maximum absolute atomic E-state index is 12.1. The lowest BCUT2D eigenvalue weighted by Crippen LogP contribution is -2.44. The summed E-state index contributed by atoms with van der Waals surface area (Å²) in [6.07, 6.45) is 1.52. The lowest BCUT2D eigenvalue weighted by Gasteiger charge is -2.34. The van der Waals surface area contributed by atoms with Crippen LogP contribution in [-0.2, 0) is 20.3 Å². The molecule has 1 saturated heterocycles. The first-order valence-electron chi connectivity index (χ1n) is 7.05. The fourth-order valence-corrected chi connectivity index (χ4v) is 4.34. The van der Waals surface area contributed by atoms with Crippen molar-refractivity contribution in [3.05, 3.63) is 17.0 Å². The second-order valence-electron chi connectivity index (χ2n) is 5.61. The highest BCUT2D eigenvalue weighted by Gasteiger charge is 2.36. The van der Waals surface area contributed by atoms with E-state index in [4.69, 9.17) is 16.3 Å². The third-order valence-corrected chi connectivity index (χ3v) is 6.14. The van der Waals surface area contributed by atoms with E-state index in [1.54, 1.807) is 6.07 Å². The van der Waals surface area contributed by atoms with E-state index < -0.39 is 9.84 Å². The second-order valence-corrected chi connectivity index (χ2v) is 8.23. The van der Waals surface area contributed by atoms with Gasteiger partial charge in [-0.25, -0.2) is 18.4 Å². The van der Waals surface area contributed by atoms with Crippen LogP contribution in [0.4, 0.5) is 5.82 Å². The fourth-order valence-electron chi connectivity index (χ4n) is 2.49. The Morgan fingerprint density at radius 2 is 2.19 bits per heavy atom. The van der Waals surface area contributed by atoms with E-state index in [1.165, 1.54) is 0 Å². The minimum Gasteiger partial charge on any atom is -0.377 e. The molecule has 1 aliphatic heterocycles. The van der Waals surface area contributed by atoms with Gasteiger partial charge in [0.15, 0.2) is 9.84 Å². The highest BCUT2D eigenvalue weighted by molar-refractivity contribution is 7.91. The summed E-state index contributed by atoms with van der Waals surface area (Å²) < 4.78 is 29.6. The van der Waals surface area contributed by atoms with E-state index in [0.29, 0.717) is 31.3 Å². The summed E-state index contributed by atoms with van der Waals surface area (Å²) >= 11 is 5.97. The van der Waals surface area contributed by atoms with Crippen LogP contribution in [0.2, 0.25) is 5.28 Å². The third kappa shape index (κ3) is 3.46. The lowest BCUT2D eigenvalue weighted by molar-refractivity contribution is 0.0985. The van der Waals surface area contributed by atoms with Gasteiger partial charge in [0.25, 0.3) is 0 Å². The molecule has 6 nitrogen and oxygen atoms in total. The van der Waals surface area contributed by atoms with Gasteiger partial charge in [0.1, 0.15) is 5.82 Å². The van der Waals surface area contributed by atoms with E-state index in [9.17, 15) is 8.42 Å². The molecule has 1 aliphatic carbocycles. The molecule has 116 valence electrons. The number of sulfone groups is 1. The predicted molar refractivity (Wildman–Crippen MR) is 80.3 cm³/mol. The van der Waals surface area contributed by atoms with Gasteiger partial charge in [-0.2, -0.15) is 0 Å². The van der Waals surface area contributed by atoms with Crippen molar-refractivity contribution in [1.82, 2.24) is 9.97 Å². The van der Waals surface area contributed by atoms with Crippen LogP contribution in [0.25, 0.3) is 0 Å². The number of anilines is 1. The van der Waals surface area contributed by atoms with Crippen LogP contribution in [0.1, 0.15) is 25.5 Å². The maximum atomic E-state index is 12.1. The zero-order chi connectivity index (χ0) is 15.0. The standard InChI is InChI=1S/C13H18ClN3O3S/c1-9-7-20-5-4-17(9)12-6-10(15-13(14)16-12)8-21(18,19)11-2-3-11/h6,9,11H,2-5,7-8H2,1H3. The van der Waals surface area contributed by atoms with Crippen LogP contribution in [0.15, 0.2) is 6.07 Å². The topological polar surface area (TPSA) is 72.4 Å². The molecular formula is C13H18ClN3O3S. The van der Waals surface area contributed by atoms with Gasteiger partial charge in [-0.15, -0.1) is 0 Å². The number of hydrogen-bond donors (Lipinski definition) is 0. The van der Waals surface area contributed by atoms with Crippen LogP contribution in [0.3, 0.4) is 0 Å². The Balaban J connectivity index is 1.85. The molecule has 0 bridgehead atoms. The molecule has 0 radical (unpaired) electrons. The van der Waals surface area contributed by atoms with Crippen molar-refractivity contribution in [3.8, 4) is 0 Å². The van der Waals surface area contributed by atoms with Gasteiger partial charge >= 0.3 is 0 Å². The number of nitrogens with zero attached hydrogens (tertiary/aromatic N) is 3. The first-order valence-corrected chi connectivity index (χ1v) is 9.14. The zero-order valence-electron chi connectivity index (χ0n) is 11.8. The molecule has 3 rings (SSSR count). The van der Waals surface area contributed by atoms with Crippen molar-refractivity contribution in [3.63, 3.8) is 0 Å². The van der Waals surface area contributed by atoms with Gasteiger partial charge in [-0.3, -0.25) is 0 Å². The normalized spacial score (nSPS) is 23.3. The third-order valence-electron chi connectivity index (χ3n) is 3.78. The highest BCUT2D eigenvalue weighted by Crippen LogP contribution is 2.31. The van der Waals surface area contributed by atoms with Crippen LogP contribution in [-0.4, -0.2) is 49.4 Å². The van der Waals surface area contributed by atoms with Crippen molar-refractivity contribution >= 4 is 27.3 Å². The first-order chi connectivity index (χ1) is 9.95. The minimum atomic E-state index is -3.11. The molecule has 1 atom stereocenters. The summed E-state index contributed by atoms with van der Waals surface area (Å²) in [5.74, 6) is 0.609. The van der Waals surface area contributed by atoms with E-state index >= 15 is 0 Å². The second kappa shape index (κ2) is 5.70. The van der Waals surface area contributed by atoms with Gasteiger partial charge in [0.05, 0.1) is 36.0 Å². The first kappa shape index (κ1) is 15.0. The van der Waals surface area contributed by atoms with E-state index in [0.717, 1.165) is 12.8 Å². The molecule has 8 heteroatoms. The van der Waals surface area contributed by atoms with Gasteiger partial charge < -0.3 is 9.64 Å². The van der Waals surface area contributed by atoms with Crippen molar-refractivity contribution in [1.29, 1.82) is 0 Å². The Hall–Kier alpha value is -0.920. The SMILES string of the molecule is CC1COCCN1c1cc(CS(=O)(=O)C2CC2)nc(Cl)n1. The molecule has 21 heavy (non-hydrogen) atoms. The number of aromatic nitrogens is 2. The number of hydrogen-bond acceptors (Lipinski definition) is 6. The highest BCUT2D eigenvalue weighted by atomic mass is 35.5. The Morgan fingerprint density at radius 1 is 1.43 bits per heavy atom. The summed E-state index contributed by atoms with van der Waals surface area (Å²) in [6, 6.07) is 1.91. The summed E-state index contributed by atoms with van der Waals surface area (Å²) in [7, 11) is -3.11. The summed E-state index contributed by atoms with van der Waals surface area (Å²) in [5, 5.41) is -0.107. The Labute approximate surface area is 129 Å². The number of rotatable bonds is 4. The molecule has 0 aromatic carbocycles. The Morgan fingerprint density at radius 3 is 2.86 bits per heavy atom. The predicted octanol–water partition coefficient (Wildman–Crippen LogP) is 1.43. The Kier molecular flexibility index (Phi) is 4.07. The maximum Gasteiger partial charge on any atom is 0.224 e. The zero-order valence-corrected chi connectivity index (χ0v) is 13.4. The average Bonchev–Trinajstić information content (AvgIpc) is 3.22. The number of ether oxygens (including phenoxy) is 1. The molecule has 0 amide bonds. The summed E-state index contributed by atoms with van der Waals surface area (Å²) in [4.78, 5) is 10.4. The van der Waals surface area contributed by atoms with E-state index in [1.807, 2.05) is 6.92 Å². The molecule has 2 fully saturated rings. The molecule has 1 aromatic heterocycles. The average molecular weight is 332 g/mol. The molecule has 2 aliphatic rings. The van der Waals surface area contributed by atoms with Crippen molar-refractivity contribution in [2.45, 2.75) is 36.8 Å². The lowest BCUT2D eigenvalue weighted by atomic mass is 10.2. The van der Waals surface area contributed by atoms with Crippen LogP contribution < -0.4 is 4.90 Å². The molecule has 0 N–H and O–H groups in total. The molecule has 2 heterocycles. The largest absolute Gasteiger partial charge is 0.377 e. The molecule has 0 spiro atoms. The Bertz CT molecular complexity index is 634. The monoisotopic (exact) mass is 331 g/mol. The minimum absolute atomic E-state index is 0.0639. The van der Waals surface area contributed by atoms with Crippen LogP contribution in [0, 0.1) is 0 Å². The van der Waals surface area contributed by atoms with E-state index in [-0.39, 0.29) is 22.3 Å². The number of morpholine rings is 1. The summed E-state index contributed by atoms with van der Waals surface area (Å²) in [6.45, 7) is 4.00. The molecule has 1 saturated carbocycles. The van der Waals surface area contributed by atoms with Crippen LogP contribution in [0.5, 0.6) is 0 Å². The van der Waals surface area contributed by atoms with Gasteiger partial charge in [0.2, 0.25) is 5.28 Å². The van der Waals surface area contributed by atoms with Gasteiger partial charge in [-0.1, -0.05) is 0 Å². The molecule has 1 aromatic rings. The van der Waals surface area contributed by atoms with E-state index in [2.05, 4.69) is 14.9 Å². The van der Waals surface area contributed by atoms with Gasteiger partial charge in [0, 0.05) is 12.6 Å². The van der Waals surface area contributed by atoms with Crippen LogP contribution >= 0.6 is 11.6 Å². The van der Waals surface area contributed by atoms with Crippen molar-refractivity contribution in [2.75, 3.05) is 24.7 Å².